The number of benzene rings is 2. The quantitative estimate of drug-likeness (QED) is 0.535. The average Bonchev–Trinajstić information content (AvgIpc) is 3.50. The van der Waals surface area contributed by atoms with E-state index in [1.165, 1.54) is 11.9 Å². The zero-order valence-corrected chi connectivity index (χ0v) is 18.4. The molecule has 0 spiro atoms. The molecule has 1 aliphatic carbocycles. The minimum Gasteiger partial charge on any atom is -0.488 e. The van der Waals surface area contributed by atoms with Gasteiger partial charge < -0.3 is 20.1 Å². The van der Waals surface area contributed by atoms with Crippen molar-refractivity contribution >= 4 is 11.6 Å². The number of H-pyrrole nitrogens is 1. The number of anilines is 1. The van der Waals surface area contributed by atoms with Crippen molar-refractivity contribution < 1.29 is 14.6 Å². The maximum atomic E-state index is 12.8. The Bertz CT molecular complexity index is 1020. The van der Waals surface area contributed by atoms with E-state index in [9.17, 15) is 9.90 Å². The summed E-state index contributed by atoms with van der Waals surface area (Å²) in [6.45, 7) is 3.32. The first-order valence-electron chi connectivity index (χ1n) is 11.4. The van der Waals surface area contributed by atoms with Crippen LogP contribution in [0, 0.1) is 0 Å². The molecule has 1 saturated heterocycles. The predicted molar refractivity (Wildman–Crippen MR) is 125 cm³/mol. The van der Waals surface area contributed by atoms with Crippen molar-refractivity contribution in [3.05, 3.63) is 78.6 Å². The number of nitrogens with one attached hydrogen (secondary N) is 2. The van der Waals surface area contributed by atoms with E-state index in [2.05, 4.69) is 49.6 Å². The Balaban J connectivity index is 1.31. The molecule has 5 rings (SSSR count). The van der Waals surface area contributed by atoms with Crippen molar-refractivity contribution in [2.24, 2.45) is 0 Å². The van der Waals surface area contributed by atoms with Crippen LogP contribution in [0.2, 0.25) is 0 Å². The van der Waals surface area contributed by atoms with E-state index in [-0.39, 0.29) is 18.0 Å². The summed E-state index contributed by atoms with van der Waals surface area (Å²) in [4.78, 5) is 17.4. The summed E-state index contributed by atoms with van der Waals surface area (Å²) in [5, 5.41) is 21.0. The second kappa shape index (κ2) is 9.64. The Morgan fingerprint density at radius 1 is 1.03 bits per heavy atom. The van der Waals surface area contributed by atoms with Crippen LogP contribution in [0.4, 0.5) is 5.69 Å². The van der Waals surface area contributed by atoms with Gasteiger partial charge in [0, 0.05) is 44.5 Å². The Labute approximate surface area is 193 Å². The zero-order chi connectivity index (χ0) is 22.6. The summed E-state index contributed by atoms with van der Waals surface area (Å²) in [6.07, 6.45) is 2.49. The van der Waals surface area contributed by atoms with E-state index in [1.807, 2.05) is 36.4 Å². The van der Waals surface area contributed by atoms with E-state index in [0.29, 0.717) is 12.0 Å². The number of aliphatic hydroxyl groups excluding tert-OH is 1. The molecule has 8 heteroatoms. The number of rotatable bonds is 6. The second-order valence-corrected chi connectivity index (χ2v) is 8.61. The van der Waals surface area contributed by atoms with Crippen LogP contribution < -0.4 is 15.0 Å². The monoisotopic (exact) mass is 447 g/mol. The number of amides is 1. The number of nitrogens with zero attached hydrogens (tertiary/aromatic N) is 3. The normalized spacial score (nSPS) is 25.7. The molecule has 33 heavy (non-hydrogen) atoms. The van der Waals surface area contributed by atoms with Crippen LogP contribution in [0.1, 0.15) is 16.8 Å². The van der Waals surface area contributed by atoms with Crippen molar-refractivity contribution in [3.8, 4) is 5.75 Å². The van der Waals surface area contributed by atoms with Crippen LogP contribution >= 0.6 is 0 Å². The lowest BCUT2D eigenvalue weighted by atomic mass is 10.1. The van der Waals surface area contributed by atoms with Gasteiger partial charge in [0.2, 0.25) is 0 Å². The van der Waals surface area contributed by atoms with Crippen LogP contribution in [0.3, 0.4) is 0 Å². The zero-order valence-electron chi connectivity index (χ0n) is 18.4. The highest BCUT2D eigenvalue weighted by atomic mass is 16.5. The summed E-state index contributed by atoms with van der Waals surface area (Å²) in [5.74, 6) is 0.519. The molecule has 0 radical (unpaired) electrons. The van der Waals surface area contributed by atoms with E-state index >= 15 is 0 Å². The minimum absolute atomic E-state index is 0.200. The van der Waals surface area contributed by atoms with Crippen molar-refractivity contribution in [3.63, 3.8) is 0 Å². The Kier molecular flexibility index (Phi) is 6.28. The van der Waals surface area contributed by atoms with Crippen LogP contribution in [-0.4, -0.2) is 76.6 Å². The first kappa shape index (κ1) is 21.5. The van der Waals surface area contributed by atoms with E-state index in [1.54, 1.807) is 6.20 Å². The molecule has 1 aromatic heterocycles. The number of para-hydroxylation sites is 2. The molecule has 4 atom stereocenters. The van der Waals surface area contributed by atoms with Crippen molar-refractivity contribution in [1.29, 1.82) is 0 Å². The lowest BCUT2D eigenvalue weighted by molar-refractivity contribution is 0.00538. The third kappa shape index (κ3) is 4.72. The van der Waals surface area contributed by atoms with E-state index in [0.717, 1.165) is 31.9 Å². The minimum atomic E-state index is -0.719. The number of aromatic nitrogens is 2. The van der Waals surface area contributed by atoms with Gasteiger partial charge in [0.25, 0.3) is 5.91 Å². The van der Waals surface area contributed by atoms with E-state index in [4.69, 9.17) is 4.74 Å². The van der Waals surface area contributed by atoms with Crippen LogP contribution in [0.5, 0.6) is 5.75 Å². The fourth-order valence-electron chi connectivity index (χ4n) is 4.94. The second-order valence-electron chi connectivity index (χ2n) is 8.61. The summed E-state index contributed by atoms with van der Waals surface area (Å²) in [5.41, 5.74) is 1.68. The van der Waals surface area contributed by atoms with Crippen LogP contribution in [0.25, 0.3) is 0 Å². The number of ether oxygens (including phenoxy) is 1. The molecule has 1 saturated carbocycles. The largest absolute Gasteiger partial charge is 0.488 e. The first-order chi connectivity index (χ1) is 16.2. The molecule has 1 aliphatic heterocycles. The molecule has 0 bridgehead atoms. The first-order valence-corrected chi connectivity index (χ1v) is 11.4. The maximum Gasteiger partial charge on any atom is 0.254 e. The molecular weight excluding hydrogens is 418 g/mol. The van der Waals surface area contributed by atoms with Gasteiger partial charge in [-0.25, -0.2) is 0 Å². The maximum absolute atomic E-state index is 12.8. The van der Waals surface area contributed by atoms with Crippen LogP contribution in [-0.2, 0) is 0 Å². The molecular formula is C25H29N5O3. The Morgan fingerprint density at radius 3 is 2.39 bits per heavy atom. The highest BCUT2D eigenvalue weighted by Gasteiger charge is 2.48. The molecule has 2 aromatic carbocycles. The highest BCUT2D eigenvalue weighted by Crippen LogP contribution is 2.31. The van der Waals surface area contributed by atoms with Gasteiger partial charge in [-0.15, -0.1) is 0 Å². The molecule has 2 heterocycles. The van der Waals surface area contributed by atoms with Gasteiger partial charge in [0.1, 0.15) is 18.0 Å². The lowest BCUT2D eigenvalue weighted by Gasteiger charge is -2.42. The van der Waals surface area contributed by atoms with Crippen LogP contribution in [0.15, 0.2) is 73.1 Å². The third-order valence-corrected chi connectivity index (χ3v) is 6.59. The Hall–Kier alpha value is -3.36. The van der Waals surface area contributed by atoms with Crippen molar-refractivity contribution in [1.82, 2.24) is 20.4 Å². The van der Waals surface area contributed by atoms with Gasteiger partial charge in [-0.1, -0.05) is 36.4 Å². The van der Waals surface area contributed by atoms with Gasteiger partial charge in [-0.05, 0) is 24.3 Å². The summed E-state index contributed by atoms with van der Waals surface area (Å²) in [6, 6.07) is 19.4. The van der Waals surface area contributed by atoms with Gasteiger partial charge in [-0.3, -0.25) is 14.8 Å². The molecule has 172 valence electrons. The SMILES string of the molecule is O=C(N[C@@H]1C[C@@H](Oc2ccccc2)[C@H](O)[C@H]1N1CCN(c2ccccc2)CC1)c1cn[nH]c1. The van der Waals surface area contributed by atoms with Crippen molar-refractivity contribution in [2.45, 2.75) is 30.7 Å². The molecule has 2 fully saturated rings. The number of hydrogen-bond donors (Lipinski definition) is 3. The van der Waals surface area contributed by atoms with Gasteiger partial charge in [0.05, 0.1) is 23.8 Å². The summed E-state index contributed by atoms with van der Waals surface area (Å²) >= 11 is 0. The Morgan fingerprint density at radius 2 is 1.73 bits per heavy atom. The lowest BCUT2D eigenvalue weighted by Crippen LogP contribution is -2.59. The highest BCUT2D eigenvalue weighted by molar-refractivity contribution is 5.93. The molecule has 2 aliphatic rings. The predicted octanol–water partition coefficient (Wildman–Crippen LogP) is 1.91. The number of piperazine rings is 1. The molecule has 1 amide bonds. The van der Waals surface area contributed by atoms with Gasteiger partial charge in [0.15, 0.2) is 0 Å². The molecule has 3 N–H and O–H groups in total. The fraction of sp³-hybridized carbons (Fsp3) is 0.360. The fourth-order valence-corrected chi connectivity index (χ4v) is 4.94. The standard InChI is InChI=1S/C25H29N5O3/c31-24-22(33-20-9-5-2-6-10-20)15-21(28-25(32)18-16-26-27-17-18)23(24)30-13-11-29(12-14-30)19-7-3-1-4-8-19/h1-10,16-17,21-24,31H,11-15H2,(H,26,27)(H,28,32)/t21-,22-,23+,24+/m1/s1. The smallest absolute Gasteiger partial charge is 0.254 e. The molecule has 3 aromatic rings. The van der Waals surface area contributed by atoms with E-state index < -0.39 is 12.2 Å². The molecule has 0 unspecified atom stereocenters. The number of carbonyl (C=O) groups excluding carboxylic acids is 1. The van der Waals surface area contributed by atoms with Gasteiger partial charge >= 0.3 is 0 Å². The number of aliphatic hydroxyl groups is 1. The molecule has 8 nitrogen and oxygen atoms in total. The topological polar surface area (TPSA) is 93.7 Å². The number of hydrogen-bond acceptors (Lipinski definition) is 6. The number of aromatic amines is 1. The number of carbonyl (C=O) groups is 1. The van der Waals surface area contributed by atoms with Gasteiger partial charge in [-0.2, -0.15) is 5.10 Å². The third-order valence-electron chi connectivity index (χ3n) is 6.59. The average molecular weight is 448 g/mol. The summed E-state index contributed by atoms with van der Waals surface area (Å²) < 4.78 is 6.14. The van der Waals surface area contributed by atoms with Crippen molar-refractivity contribution in [2.75, 3.05) is 31.1 Å². The summed E-state index contributed by atoms with van der Waals surface area (Å²) in [7, 11) is 0.